The van der Waals surface area contributed by atoms with Gasteiger partial charge in [-0.2, -0.15) is 0 Å². The van der Waals surface area contributed by atoms with Gasteiger partial charge >= 0.3 is 23.9 Å². The van der Waals surface area contributed by atoms with Crippen molar-refractivity contribution in [2.24, 2.45) is 17.6 Å². The first-order valence-electron chi connectivity index (χ1n) is 13.9. The Labute approximate surface area is 249 Å². The van der Waals surface area contributed by atoms with Crippen LogP contribution in [0.1, 0.15) is 77.1 Å². The monoisotopic (exact) mass is 610 g/mol. The molecule has 0 aliphatic carbocycles. The van der Waals surface area contributed by atoms with Crippen molar-refractivity contribution in [3.05, 3.63) is 23.8 Å². The Morgan fingerprint density at radius 2 is 1.72 bits per heavy atom. The van der Waals surface area contributed by atoms with Gasteiger partial charge in [-0.15, -0.1) is 0 Å². The molecule has 1 saturated heterocycles. The summed E-state index contributed by atoms with van der Waals surface area (Å²) < 4.78 is 16.9. The van der Waals surface area contributed by atoms with Crippen molar-refractivity contribution in [3.63, 3.8) is 0 Å². The van der Waals surface area contributed by atoms with E-state index in [0.29, 0.717) is 19.3 Å². The number of esters is 3. The number of anilines is 1. The molecule has 15 heteroatoms. The molecular formula is C28H42N4O11. The number of nitrogens with one attached hydrogen (secondary N) is 3. The number of ether oxygens (including phenoxy) is 3. The van der Waals surface area contributed by atoms with Crippen LogP contribution in [-0.4, -0.2) is 70.9 Å². The van der Waals surface area contributed by atoms with Gasteiger partial charge in [-0.3, -0.25) is 24.4 Å². The molecule has 0 spiro atoms. The molecule has 15 nitrogen and oxygen atoms in total. The second kappa shape index (κ2) is 18.2. The molecule has 0 saturated carbocycles. The summed E-state index contributed by atoms with van der Waals surface area (Å²) in [6.45, 7) is 8.70. The van der Waals surface area contributed by atoms with E-state index < -0.39 is 65.9 Å². The summed E-state index contributed by atoms with van der Waals surface area (Å²) in [5, 5.41) is 22.5. The molecule has 5 unspecified atom stereocenters. The normalized spacial score (nSPS) is 21.8. The molecule has 0 aromatic heterocycles. The van der Waals surface area contributed by atoms with Gasteiger partial charge in [0.2, 0.25) is 6.41 Å². The molecule has 7 N–H and O–H groups in total. The number of primary amides is 1. The van der Waals surface area contributed by atoms with Crippen molar-refractivity contribution < 1.29 is 53.3 Å². The summed E-state index contributed by atoms with van der Waals surface area (Å²) in [5.41, 5.74) is 5.24. The first-order chi connectivity index (χ1) is 20.3. The SMILES string of the molecule is CCCCCC1C(=O)OC(C)C(NC(=O)c2cccc(NC=O)c2O)C(=O)OC(C)C1OC(=O)CC(C)C.NC(=O)NO. The van der Waals surface area contributed by atoms with E-state index in [1.165, 1.54) is 37.5 Å². The number of amides is 4. The van der Waals surface area contributed by atoms with Crippen molar-refractivity contribution in [1.29, 1.82) is 0 Å². The number of para-hydroxylation sites is 1. The number of hydrogen-bond acceptors (Lipinski definition) is 11. The Balaban J connectivity index is 0.00000170. The lowest BCUT2D eigenvalue weighted by atomic mass is 9.92. The molecule has 0 radical (unpaired) electrons. The highest BCUT2D eigenvalue weighted by atomic mass is 16.6. The highest BCUT2D eigenvalue weighted by Gasteiger charge is 2.43. The first kappa shape index (κ1) is 36.6. The van der Waals surface area contributed by atoms with Gasteiger partial charge in [0.15, 0.2) is 17.9 Å². The van der Waals surface area contributed by atoms with Crippen LogP contribution in [0, 0.1) is 11.8 Å². The Morgan fingerprint density at radius 3 is 2.28 bits per heavy atom. The largest absolute Gasteiger partial charge is 0.505 e. The van der Waals surface area contributed by atoms with Crippen LogP contribution in [0.3, 0.4) is 0 Å². The predicted octanol–water partition coefficient (Wildman–Crippen LogP) is 2.13. The maximum atomic E-state index is 13.3. The van der Waals surface area contributed by atoms with Crippen molar-refractivity contribution in [2.75, 3.05) is 5.32 Å². The molecule has 1 aliphatic rings. The lowest BCUT2D eigenvalue weighted by molar-refractivity contribution is -0.175. The number of benzene rings is 1. The fourth-order valence-electron chi connectivity index (χ4n) is 4.22. The number of carbonyl (C=O) groups excluding carboxylic acids is 6. The fourth-order valence-corrected chi connectivity index (χ4v) is 4.22. The molecule has 1 fully saturated rings. The van der Waals surface area contributed by atoms with Gasteiger partial charge in [-0.25, -0.2) is 15.1 Å². The number of phenolic OH excluding ortho intramolecular Hbond substituents is 1. The minimum absolute atomic E-state index is 0.00114. The van der Waals surface area contributed by atoms with Gasteiger partial charge < -0.3 is 35.7 Å². The number of nitrogens with two attached hydrogens (primary N) is 1. The summed E-state index contributed by atoms with van der Waals surface area (Å²) in [7, 11) is 0. The fraction of sp³-hybridized carbons (Fsp3) is 0.571. The Morgan fingerprint density at radius 1 is 1.09 bits per heavy atom. The standard InChI is InChI=1S/C27H38N2O9.CH4N2O2/c1-6-7-8-10-19-24(38-21(31)13-15(2)3)17(5)37-27(35)22(16(4)36-26(19)34)29-25(33)18-11-9-12-20(23(18)32)28-14-30;2-1(4)3-5/h9,11-12,14-17,19,22,24,32H,6-8,10,13H2,1-5H3,(H,28,30)(H,29,33);5H,(H3,2,3,4). The second-order valence-electron chi connectivity index (χ2n) is 10.3. The van der Waals surface area contributed by atoms with E-state index >= 15 is 0 Å². The molecule has 1 aliphatic heterocycles. The first-order valence-corrected chi connectivity index (χ1v) is 13.9. The molecule has 43 heavy (non-hydrogen) atoms. The van der Waals surface area contributed by atoms with Crippen LogP contribution in [-0.2, 0) is 33.4 Å². The topological polar surface area (TPSA) is 233 Å². The van der Waals surface area contributed by atoms with Gasteiger partial charge in [0, 0.05) is 6.42 Å². The zero-order valence-electron chi connectivity index (χ0n) is 25.0. The highest BCUT2D eigenvalue weighted by molar-refractivity contribution is 6.01. The average Bonchev–Trinajstić information content (AvgIpc) is 2.95. The van der Waals surface area contributed by atoms with Crippen LogP contribution in [0.5, 0.6) is 5.75 Å². The molecule has 1 aromatic carbocycles. The molecule has 0 bridgehead atoms. The summed E-state index contributed by atoms with van der Waals surface area (Å²) in [6.07, 6.45) is 0.0639. The Bertz CT molecular complexity index is 1130. The second-order valence-corrected chi connectivity index (χ2v) is 10.3. The van der Waals surface area contributed by atoms with E-state index in [-0.39, 0.29) is 23.6 Å². The van der Waals surface area contributed by atoms with Crippen LogP contribution < -0.4 is 21.8 Å². The maximum Gasteiger partial charge on any atom is 0.335 e. The third-order valence-corrected chi connectivity index (χ3v) is 6.34. The quantitative estimate of drug-likeness (QED) is 0.0404. The van der Waals surface area contributed by atoms with E-state index in [9.17, 15) is 33.9 Å². The number of rotatable bonds is 11. The number of carbonyl (C=O) groups is 6. The van der Waals surface area contributed by atoms with Crippen molar-refractivity contribution in [3.8, 4) is 5.75 Å². The van der Waals surface area contributed by atoms with Gasteiger partial charge in [-0.1, -0.05) is 46.1 Å². The lowest BCUT2D eigenvalue weighted by Gasteiger charge is -2.29. The van der Waals surface area contributed by atoms with Crippen LogP contribution in [0.4, 0.5) is 10.5 Å². The maximum absolute atomic E-state index is 13.3. The molecular weight excluding hydrogens is 568 g/mol. The van der Waals surface area contributed by atoms with Crippen molar-refractivity contribution in [1.82, 2.24) is 10.8 Å². The van der Waals surface area contributed by atoms with Crippen LogP contribution >= 0.6 is 0 Å². The minimum Gasteiger partial charge on any atom is -0.505 e. The molecule has 2 rings (SSSR count). The van der Waals surface area contributed by atoms with Gasteiger partial charge in [0.05, 0.1) is 17.2 Å². The van der Waals surface area contributed by atoms with E-state index in [2.05, 4.69) is 16.4 Å². The number of hydroxylamine groups is 1. The summed E-state index contributed by atoms with van der Waals surface area (Å²) in [6, 6.07) is 1.77. The zero-order chi connectivity index (χ0) is 32.7. The third kappa shape index (κ3) is 11.8. The lowest BCUT2D eigenvalue weighted by Crippen LogP contribution is -2.50. The average molecular weight is 611 g/mol. The molecule has 240 valence electrons. The molecule has 1 aromatic rings. The zero-order valence-corrected chi connectivity index (χ0v) is 25.0. The third-order valence-electron chi connectivity index (χ3n) is 6.34. The molecule has 1 heterocycles. The Kier molecular flexibility index (Phi) is 15.5. The number of unbranched alkanes of at least 4 members (excludes halogenated alkanes) is 2. The molecule has 5 atom stereocenters. The van der Waals surface area contributed by atoms with Gasteiger partial charge in [0.1, 0.15) is 12.2 Å². The van der Waals surface area contributed by atoms with Gasteiger partial charge in [0.25, 0.3) is 5.91 Å². The number of aromatic hydroxyl groups is 1. The Hall–Kier alpha value is -4.40. The minimum atomic E-state index is -1.42. The number of hydrogen-bond donors (Lipinski definition) is 6. The van der Waals surface area contributed by atoms with E-state index in [4.69, 9.17) is 19.4 Å². The van der Waals surface area contributed by atoms with Gasteiger partial charge in [-0.05, 0) is 38.3 Å². The number of urea groups is 1. The van der Waals surface area contributed by atoms with Crippen molar-refractivity contribution in [2.45, 2.75) is 91.1 Å². The summed E-state index contributed by atoms with van der Waals surface area (Å²) in [4.78, 5) is 71.9. The number of phenols is 1. The predicted molar refractivity (Wildman–Crippen MR) is 152 cm³/mol. The van der Waals surface area contributed by atoms with Crippen LogP contribution in [0.25, 0.3) is 0 Å². The highest BCUT2D eigenvalue weighted by Crippen LogP contribution is 2.29. The van der Waals surface area contributed by atoms with Crippen molar-refractivity contribution >= 4 is 41.9 Å². The smallest absolute Gasteiger partial charge is 0.335 e. The summed E-state index contributed by atoms with van der Waals surface area (Å²) in [5.74, 6) is -4.27. The summed E-state index contributed by atoms with van der Waals surface area (Å²) >= 11 is 0. The van der Waals surface area contributed by atoms with Crippen LogP contribution in [0.15, 0.2) is 18.2 Å². The molecule has 4 amide bonds. The number of cyclic esters (lactones) is 2. The van der Waals surface area contributed by atoms with E-state index in [0.717, 1.165) is 12.8 Å². The van der Waals surface area contributed by atoms with Crippen LogP contribution in [0.2, 0.25) is 0 Å². The van der Waals surface area contributed by atoms with E-state index in [1.807, 2.05) is 20.8 Å². The van der Waals surface area contributed by atoms with E-state index in [1.54, 1.807) is 0 Å².